The third-order valence-corrected chi connectivity index (χ3v) is 4.60. The fourth-order valence-corrected chi connectivity index (χ4v) is 4.30. The zero-order valence-electron chi connectivity index (χ0n) is 9.17. The van der Waals surface area contributed by atoms with Gasteiger partial charge in [0.1, 0.15) is 0 Å². The first-order valence-electron chi connectivity index (χ1n) is 6.19. The molecule has 0 amide bonds. The van der Waals surface area contributed by atoms with Gasteiger partial charge in [0.2, 0.25) is 0 Å². The molecule has 1 nitrogen and oxygen atoms in total. The Bertz CT molecular complexity index is 251. The normalized spacial score (nSPS) is 46.3. The number of rotatable bonds is 3. The first kappa shape index (κ1) is 10.9. The van der Waals surface area contributed by atoms with Gasteiger partial charge in [-0.05, 0) is 55.8 Å². The van der Waals surface area contributed by atoms with Gasteiger partial charge in [-0.15, -0.1) is 0 Å². The van der Waals surface area contributed by atoms with Crippen LogP contribution in [-0.4, -0.2) is 18.9 Å². The van der Waals surface area contributed by atoms with Gasteiger partial charge in [-0.25, -0.2) is 4.39 Å². The Morgan fingerprint density at radius 1 is 0.938 bits per heavy atom. The summed E-state index contributed by atoms with van der Waals surface area (Å²) in [7, 11) is 0. The Morgan fingerprint density at radius 2 is 1.44 bits per heavy atom. The van der Waals surface area contributed by atoms with Crippen molar-refractivity contribution in [2.24, 2.45) is 23.7 Å². The van der Waals surface area contributed by atoms with E-state index < -0.39 is 18.9 Å². The average molecular weight is 234 g/mol. The lowest BCUT2D eigenvalue weighted by atomic mass is 9.55. The molecule has 4 bridgehead atoms. The zero-order chi connectivity index (χ0) is 11.3. The van der Waals surface area contributed by atoms with Gasteiger partial charge in [0.15, 0.2) is 6.67 Å². The van der Waals surface area contributed by atoms with Crippen LogP contribution in [0.3, 0.4) is 0 Å². The van der Waals surface area contributed by atoms with Gasteiger partial charge >= 0.3 is 6.11 Å². The van der Waals surface area contributed by atoms with Crippen LogP contribution in [0.1, 0.15) is 32.1 Å². The quantitative estimate of drug-likeness (QED) is 0.727. The van der Waals surface area contributed by atoms with E-state index in [4.69, 9.17) is 4.74 Å². The van der Waals surface area contributed by atoms with Crippen molar-refractivity contribution in [3.8, 4) is 0 Å². The SMILES string of the molecule is FCC(F)(F)OC1C2CC3CC(C2)CC1C3. The third-order valence-electron chi connectivity index (χ3n) is 4.60. The first-order chi connectivity index (χ1) is 7.57. The fraction of sp³-hybridized carbons (Fsp3) is 1.00. The van der Waals surface area contributed by atoms with Crippen molar-refractivity contribution < 1.29 is 17.9 Å². The van der Waals surface area contributed by atoms with Crippen LogP contribution < -0.4 is 0 Å². The molecule has 0 radical (unpaired) electrons. The van der Waals surface area contributed by atoms with Gasteiger partial charge in [0, 0.05) is 0 Å². The molecule has 0 atom stereocenters. The Hall–Kier alpha value is -0.250. The highest BCUT2D eigenvalue weighted by atomic mass is 19.3. The maximum Gasteiger partial charge on any atom is 0.384 e. The first-order valence-corrected chi connectivity index (χ1v) is 6.19. The molecule has 0 aromatic carbocycles. The molecule has 0 aliphatic heterocycles. The average Bonchev–Trinajstić information content (AvgIpc) is 2.22. The Morgan fingerprint density at radius 3 is 1.88 bits per heavy atom. The molecule has 4 rings (SSSR count). The summed E-state index contributed by atoms with van der Waals surface area (Å²) in [5.41, 5.74) is 0. The number of ether oxygens (including phenoxy) is 1. The largest absolute Gasteiger partial charge is 0.384 e. The topological polar surface area (TPSA) is 9.23 Å². The van der Waals surface area contributed by atoms with Crippen LogP contribution in [0.4, 0.5) is 13.2 Å². The van der Waals surface area contributed by atoms with Gasteiger partial charge in [0.25, 0.3) is 0 Å². The Labute approximate surface area is 93.3 Å². The second-order valence-electron chi connectivity index (χ2n) is 5.78. The van der Waals surface area contributed by atoms with E-state index in [-0.39, 0.29) is 11.8 Å². The zero-order valence-corrected chi connectivity index (χ0v) is 9.17. The van der Waals surface area contributed by atoms with Crippen LogP contribution in [0.5, 0.6) is 0 Å². The predicted octanol–water partition coefficient (Wildman–Crippen LogP) is 3.39. The molecule has 4 fully saturated rings. The summed E-state index contributed by atoms with van der Waals surface area (Å²) >= 11 is 0. The highest BCUT2D eigenvalue weighted by Gasteiger charge is 2.51. The molecule has 0 heterocycles. The molecule has 92 valence electrons. The lowest BCUT2D eigenvalue weighted by Gasteiger charge is -2.54. The van der Waals surface area contributed by atoms with E-state index in [1.165, 1.54) is 6.42 Å². The number of halogens is 3. The van der Waals surface area contributed by atoms with Crippen molar-refractivity contribution in [3.05, 3.63) is 0 Å². The van der Waals surface area contributed by atoms with Crippen molar-refractivity contribution in [2.45, 2.75) is 44.3 Å². The summed E-state index contributed by atoms with van der Waals surface area (Å²) in [6, 6.07) is 0. The van der Waals surface area contributed by atoms with E-state index in [1.807, 2.05) is 0 Å². The summed E-state index contributed by atoms with van der Waals surface area (Å²) in [6.45, 7) is -1.70. The summed E-state index contributed by atoms with van der Waals surface area (Å²) in [5.74, 6) is 1.96. The van der Waals surface area contributed by atoms with Crippen molar-refractivity contribution in [1.29, 1.82) is 0 Å². The standard InChI is InChI=1S/C12H17F3O/c13-6-12(14,15)16-11-9-2-7-1-8(4-9)5-10(11)3-7/h7-11H,1-6H2. The van der Waals surface area contributed by atoms with Crippen LogP contribution in [-0.2, 0) is 4.74 Å². The van der Waals surface area contributed by atoms with E-state index >= 15 is 0 Å². The highest BCUT2D eigenvalue weighted by Crippen LogP contribution is 2.55. The van der Waals surface area contributed by atoms with E-state index in [2.05, 4.69) is 0 Å². The minimum absolute atomic E-state index is 0.258. The molecular weight excluding hydrogens is 217 g/mol. The molecule has 0 N–H and O–H groups in total. The molecular formula is C12H17F3O. The maximum absolute atomic E-state index is 13.0. The molecule has 0 saturated heterocycles. The minimum atomic E-state index is -3.57. The van der Waals surface area contributed by atoms with Crippen molar-refractivity contribution in [2.75, 3.05) is 6.67 Å². The lowest BCUT2D eigenvalue weighted by molar-refractivity contribution is -0.303. The molecule has 0 spiro atoms. The third kappa shape index (κ3) is 1.75. The van der Waals surface area contributed by atoms with Crippen molar-refractivity contribution in [3.63, 3.8) is 0 Å². The molecule has 0 aromatic rings. The van der Waals surface area contributed by atoms with Crippen LogP contribution in [0, 0.1) is 23.7 Å². The molecule has 16 heavy (non-hydrogen) atoms. The number of alkyl halides is 3. The Balaban J connectivity index is 1.72. The summed E-state index contributed by atoms with van der Waals surface area (Å²) in [4.78, 5) is 0. The molecule has 0 aromatic heterocycles. The molecule has 4 aliphatic carbocycles. The number of hydrogen-bond donors (Lipinski definition) is 0. The second-order valence-corrected chi connectivity index (χ2v) is 5.78. The summed E-state index contributed by atoms with van der Waals surface area (Å²) in [5, 5.41) is 0. The number of hydrogen-bond acceptors (Lipinski definition) is 1. The molecule has 4 heteroatoms. The maximum atomic E-state index is 13.0. The fourth-order valence-electron chi connectivity index (χ4n) is 4.30. The molecule has 0 unspecified atom stereocenters. The van der Waals surface area contributed by atoms with Crippen LogP contribution in [0.2, 0.25) is 0 Å². The van der Waals surface area contributed by atoms with Gasteiger partial charge in [-0.2, -0.15) is 8.78 Å². The lowest BCUT2D eigenvalue weighted by Crippen LogP contribution is -2.51. The van der Waals surface area contributed by atoms with E-state index in [0.29, 0.717) is 0 Å². The molecule has 4 aliphatic rings. The van der Waals surface area contributed by atoms with E-state index in [1.54, 1.807) is 0 Å². The van der Waals surface area contributed by atoms with Crippen molar-refractivity contribution in [1.82, 2.24) is 0 Å². The van der Waals surface area contributed by atoms with Gasteiger partial charge in [-0.3, -0.25) is 0 Å². The summed E-state index contributed by atoms with van der Waals surface area (Å²) < 4.78 is 42.8. The van der Waals surface area contributed by atoms with Crippen LogP contribution >= 0.6 is 0 Å². The van der Waals surface area contributed by atoms with Crippen molar-refractivity contribution >= 4 is 0 Å². The van der Waals surface area contributed by atoms with E-state index in [0.717, 1.165) is 37.5 Å². The van der Waals surface area contributed by atoms with Crippen LogP contribution in [0.25, 0.3) is 0 Å². The van der Waals surface area contributed by atoms with E-state index in [9.17, 15) is 13.2 Å². The van der Waals surface area contributed by atoms with Crippen LogP contribution in [0.15, 0.2) is 0 Å². The smallest absolute Gasteiger partial charge is 0.314 e. The second kappa shape index (κ2) is 3.62. The minimum Gasteiger partial charge on any atom is -0.314 e. The highest BCUT2D eigenvalue weighted by molar-refractivity contribution is 4.99. The van der Waals surface area contributed by atoms with Gasteiger partial charge in [0.05, 0.1) is 6.10 Å². The molecule has 4 saturated carbocycles. The predicted molar refractivity (Wildman–Crippen MR) is 52.8 cm³/mol. The monoisotopic (exact) mass is 234 g/mol. The van der Waals surface area contributed by atoms with Gasteiger partial charge < -0.3 is 4.74 Å². The Kier molecular flexibility index (Phi) is 2.46. The summed E-state index contributed by atoms with van der Waals surface area (Å²) in [6.07, 6.45) is 1.37. The van der Waals surface area contributed by atoms with Gasteiger partial charge in [-0.1, -0.05) is 0 Å².